The van der Waals surface area contributed by atoms with Gasteiger partial charge in [0.1, 0.15) is 0 Å². The van der Waals surface area contributed by atoms with Gasteiger partial charge < -0.3 is 10.4 Å². The Labute approximate surface area is 108 Å². The first-order valence-corrected chi connectivity index (χ1v) is 6.78. The lowest BCUT2D eigenvalue weighted by atomic mass is 9.84. The molecule has 1 aromatic rings. The summed E-state index contributed by atoms with van der Waals surface area (Å²) < 4.78 is 0. The van der Waals surface area contributed by atoms with Gasteiger partial charge in [-0.25, -0.2) is 0 Å². The predicted octanol–water partition coefficient (Wildman–Crippen LogP) is 2.36. The van der Waals surface area contributed by atoms with Crippen molar-refractivity contribution in [3.63, 3.8) is 0 Å². The summed E-state index contributed by atoms with van der Waals surface area (Å²) in [5, 5.41) is 12.4. The molecular weight excluding hydrogens is 226 g/mol. The third kappa shape index (κ3) is 3.33. The molecule has 1 aliphatic carbocycles. The minimum absolute atomic E-state index is 0.0310. The van der Waals surface area contributed by atoms with Crippen molar-refractivity contribution in [2.75, 3.05) is 6.61 Å². The van der Waals surface area contributed by atoms with E-state index in [4.69, 9.17) is 0 Å². The van der Waals surface area contributed by atoms with Gasteiger partial charge in [-0.2, -0.15) is 0 Å². The Hall–Kier alpha value is -1.35. The highest BCUT2D eigenvalue weighted by molar-refractivity contribution is 5.94. The lowest BCUT2D eigenvalue weighted by Gasteiger charge is -2.29. The molecule has 1 aliphatic rings. The number of benzene rings is 1. The van der Waals surface area contributed by atoms with E-state index in [-0.39, 0.29) is 18.6 Å². The van der Waals surface area contributed by atoms with Crippen LogP contribution in [0.3, 0.4) is 0 Å². The second kappa shape index (κ2) is 6.55. The molecule has 98 valence electrons. The quantitative estimate of drug-likeness (QED) is 0.858. The van der Waals surface area contributed by atoms with Crippen LogP contribution < -0.4 is 5.32 Å². The number of hydrogen-bond donors (Lipinski definition) is 2. The standard InChI is InChI=1S/C15H21NO2/c17-11-14(12-7-3-1-4-8-12)16-15(18)13-9-5-2-6-10-13/h2,5-6,9-10,12,14,17H,1,3-4,7-8,11H2,(H,16,18)/t14-/m1/s1. The summed E-state index contributed by atoms with van der Waals surface area (Å²) >= 11 is 0. The first-order valence-electron chi connectivity index (χ1n) is 6.78. The molecule has 0 spiro atoms. The maximum Gasteiger partial charge on any atom is 0.251 e. The highest BCUT2D eigenvalue weighted by Crippen LogP contribution is 2.26. The summed E-state index contributed by atoms with van der Waals surface area (Å²) in [5.74, 6) is 0.344. The minimum atomic E-state index is -0.0991. The summed E-state index contributed by atoms with van der Waals surface area (Å²) in [7, 11) is 0. The molecule has 0 saturated heterocycles. The van der Waals surface area contributed by atoms with Crippen LogP contribution in [0.5, 0.6) is 0 Å². The number of aliphatic hydroxyl groups excluding tert-OH is 1. The smallest absolute Gasteiger partial charge is 0.251 e. The Morgan fingerprint density at radius 3 is 2.50 bits per heavy atom. The monoisotopic (exact) mass is 247 g/mol. The number of carbonyl (C=O) groups is 1. The van der Waals surface area contributed by atoms with Gasteiger partial charge in [-0.3, -0.25) is 4.79 Å². The van der Waals surface area contributed by atoms with Crippen molar-refractivity contribution in [3.05, 3.63) is 35.9 Å². The fourth-order valence-corrected chi connectivity index (χ4v) is 2.69. The summed E-state index contributed by atoms with van der Waals surface area (Å²) in [6.45, 7) is 0.0310. The van der Waals surface area contributed by atoms with Gasteiger partial charge in [0.25, 0.3) is 5.91 Å². The highest BCUT2D eigenvalue weighted by atomic mass is 16.3. The average Bonchev–Trinajstić information content (AvgIpc) is 2.46. The van der Waals surface area contributed by atoms with Crippen LogP contribution in [0.25, 0.3) is 0 Å². The fourth-order valence-electron chi connectivity index (χ4n) is 2.69. The fraction of sp³-hybridized carbons (Fsp3) is 0.533. The van der Waals surface area contributed by atoms with Crippen molar-refractivity contribution >= 4 is 5.91 Å². The van der Waals surface area contributed by atoms with Crippen molar-refractivity contribution in [1.82, 2.24) is 5.32 Å². The second-order valence-corrected chi connectivity index (χ2v) is 5.03. The second-order valence-electron chi connectivity index (χ2n) is 5.03. The van der Waals surface area contributed by atoms with E-state index in [9.17, 15) is 9.90 Å². The van der Waals surface area contributed by atoms with Crippen molar-refractivity contribution < 1.29 is 9.90 Å². The van der Waals surface area contributed by atoms with E-state index in [0.29, 0.717) is 11.5 Å². The van der Waals surface area contributed by atoms with Crippen LogP contribution in [0.15, 0.2) is 30.3 Å². The van der Waals surface area contributed by atoms with Gasteiger partial charge in [0, 0.05) is 5.56 Å². The van der Waals surface area contributed by atoms with Gasteiger partial charge in [0.15, 0.2) is 0 Å². The SMILES string of the molecule is O=C(N[C@H](CO)C1CCCCC1)c1ccccc1. The maximum atomic E-state index is 12.0. The zero-order valence-electron chi connectivity index (χ0n) is 10.6. The Bertz CT molecular complexity index is 371. The minimum Gasteiger partial charge on any atom is -0.394 e. The van der Waals surface area contributed by atoms with Gasteiger partial charge in [-0.15, -0.1) is 0 Å². The van der Waals surface area contributed by atoms with E-state index >= 15 is 0 Å². The number of aliphatic hydroxyl groups is 1. The third-order valence-electron chi connectivity index (χ3n) is 3.77. The van der Waals surface area contributed by atoms with Crippen molar-refractivity contribution in [3.8, 4) is 0 Å². The van der Waals surface area contributed by atoms with Crippen LogP contribution in [0, 0.1) is 5.92 Å². The molecule has 0 aromatic heterocycles. The molecule has 1 aromatic carbocycles. The molecule has 0 unspecified atom stereocenters. The molecule has 0 aliphatic heterocycles. The van der Waals surface area contributed by atoms with Gasteiger partial charge in [0.2, 0.25) is 0 Å². The topological polar surface area (TPSA) is 49.3 Å². The zero-order chi connectivity index (χ0) is 12.8. The largest absolute Gasteiger partial charge is 0.394 e. The summed E-state index contributed by atoms with van der Waals surface area (Å²) in [5.41, 5.74) is 0.659. The molecule has 0 radical (unpaired) electrons. The van der Waals surface area contributed by atoms with Crippen molar-refractivity contribution in [1.29, 1.82) is 0 Å². The molecule has 2 N–H and O–H groups in total. The number of rotatable bonds is 4. The molecule has 2 rings (SSSR count). The normalized spacial score (nSPS) is 18.3. The van der Waals surface area contributed by atoms with E-state index < -0.39 is 0 Å². The van der Waals surface area contributed by atoms with Gasteiger partial charge >= 0.3 is 0 Å². The van der Waals surface area contributed by atoms with E-state index in [0.717, 1.165) is 12.8 Å². The third-order valence-corrected chi connectivity index (χ3v) is 3.77. The number of carbonyl (C=O) groups excluding carboxylic acids is 1. The summed E-state index contributed by atoms with van der Waals surface area (Å²) in [6.07, 6.45) is 5.92. The van der Waals surface area contributed by atoms with Crippen LogP contribution in [0.1, 0.15) is 42.5 Å². The van der Waals surface area contributed by atoms with E-state index in [1.54, 1.807) is 12.1 Å². The Morgan fingerprint density at radius 2 is 1.89 bits per heavy atom. The van der Waals surface area contributed by atoms with Crippen LogP contribution in [-0.4, -0.2) is 23.7 Å². The Kier molecular flexibility index (Phi) is 4.76. The molecule has 0 bridgehead atoms. The lowest BCUT2D eigenvalue weighted by molar-refractivity contribution is 0.0871. The summed E-state index contributed by atoms with van der Waals surface area (Å²) in [4.78, 5) is 12.0. The molecule has 3 nitrogen and oxygen atoms in total. The van der Waals surface area contributed by atoms with Crippen LogP contribution in [0.2, 0.25) is 0 Å². The maximum absolute atomic E-state index is 12.0. The number of amides is 1. The molecule has 1 fully saturated rings. The van der Waals surface area contributed by atoms with Gasteiger partial charge in [-0.05, 0) is 30.9 Å². The van der Waals surface area contributed by atoms with E-state index in [1.165, 1.54) is 19.3 Å². The first kappa shape index (κ1) is 13.1. The van der Waals surface area contributed by atoms with Gasteiger partial charge in [-0.1, -0.05) is 37.5 Å². The number of hydrogen-bond acceptors (Lipinski definition) is 2. The summed E-state index contributed by atoms with van der Waals surface area (Å²) in [6, 6.07) is 9.09. The highest BCUT2D eigenvalue weighted by Gasteiger charge is 2.24. The molecule has 0 heterocycles. The average molecular weight is 247 g/mol. The van der Waals surface area contributed by atoms with Crippen molar-refractivity contribution in [2.24, 2.45) is 5.92 Å². The van der Waals surface area contributed by atoms with Crippen LogP contribution >= 0.6 is 0 Å². The zero-order valence-corrected chi connectivity index (χ0v) is 10.6. The molecule has 1 saturated carbocycles. The van der Waals surface area contributed by atoms with Crippen molar-refractivity contribution in [2.45, 2.75) is 38.1 Å². The van der Waals surface area contributed by atoms with Crippen LogP contribution in [-0.2, 0) is 0 Å². The Balaban J connectivity index is 1.95. The number of nitrogens with one attached hydrogen (secondary N) is 1. The van der Waals surface area contributed by atoms with Gasteiger partial charge in [0.05, 0.1) is 12.6 Å². The predicted molar refractivity (Wildman–Crippen MR) is 71.4 cm³/mol. The molecule has 1 amide bonds. The molecule has 3 heteroatoms. The lowest BCUT2D eigenvalue weighted by Crippen LogP contribution is -2.43. The van der Waals surface area contributed by atoms with Crippen LogP contribution in [0.4, 0.5) is 0 Å². The van der Waals surface area contributed by atoms with E-state index in [1.807, 2.05) is 18.2 Å². The molecular formula is C15H21NO2. The Morgan fingerprint density at radius 1 is 1.22 bits per heavy atom. The molecule has 18 heavy (non-hydrogen) atoms. The molecule has 1 atom stereocenters. The first-order chi connectivity index (χ1) is 8.81. The van der Waals surface area contributed by atoms with E-state index in [2.05, 4.69) is 5.32 Å².